The van der Waals surface area contributed by atoms with Gasteiger partial charge in [-0.05, 0) is 48.3 Å². The van der Waals surface area contributed by atoms with Gasteiger partial charge in [-0.25, -0.2) is 4.39 Å². The maximum absolute atomic E-state index is 14.3. The number of nitrogens with one attached hydrogen (secondary N) is 1. The molecule has 0 radical (unpaired) electrons. The Morgan fingerprint density at radius 2 is 1.68 bits per heavy atom. The van der Waals surface area contributed by atoms with Crippen molar-refractivity contribution in [3.63, 3.8) is 0 Å². The van der Waals surface area contributed by atoms with Gasteiger partial charge in [-0.2, -0.15) is 0 Å². The summed E-state index contributed by atoms with van der Waals surface area (Å²) in [7, 11) is 0. The zero-order valence-electron chi connectivity index (χ0n) is 21.4. The number of hydrogen-bond donors (Lipinski definition) is 1. The van der Waals surface area contributed by atoms with Gasteiger partial charge in [-0.15, -0.1) is 0 Å². The lowest BCUT2D eigenvalue weighted by Gasteiger charge is -2.25. The fraction of sp³-hybridized carbons (Fsp3) is 0.533. The van der Waals surface area contributed by atoms with Gasteiger partial charge in [0.15, 0.2) is 0 Å². The third-order valence-electron chi connectivity index (χ3n) is 8.55. The first-order valence-corrected chi connectivity index (χ1v) is 14.2. The second-order valence-corrected chi connectivity index (χ2v) is 11.5. The summed E-state index contributed by atoms with van der Waals surface area (Å²) in [5.74, 6) is 0.754. The summed E-state index contributed by atoms with van der Waals surface area (Å²) in [6, 6.07) is 14.6. The topological polar surface area (TPSA) is 52.7 Å². The molecule has 1 saturated carbocycles. The van der Waals surface area contributed by atoms with E-state index in [1.54, 1.807) is 11.0 Å². The molecule has 2 aromatic rings. The molecule has 1 N–H and O–H groups in total. The van der Waals surface area contributed by atoms with Crippen LogP contribution in [0.15, 0.2) is 48.5 Å². The SMILES string of the molecule is O=C(CCC1CCCC1)N[C@@H](CCN1CC2CN(C(=O)c3c(F)cccc3Cl)CC2C1)c1ccccc1. The van der Waals surface area contributed by atoms with Crippen LogP contribution >= 0.6 is 11.6 Å². The van der Waals surface area contributed by atoms with Crippen molar-refractivity contribution in [2.45, 2.75) is 51.0 Å². The predicted molar refractivity (Wildman–Crippen MR) is 144 cm³/mol. The molecular formula is C30H37ClFN3O2. The Morgan fingerprint density at radius 1 is 0.973 bits per heavy atom. The smallest absolute Gasteiger partial charge is 0.258 e. The van der Waals surface area contributed by atoms with Crippen LogP contribution in [0.1, 0.15) is 66.9 Å². The van der Waals surface area contributed by atoms with Crippen molar-refractivity contribution < 1.29 is 14.0 Å². The highest BCUT2D eigenvalue weighted by Gasteiger charge is 2.42. The van der Waals surface area contributed by atoms with Gasteiger partial charge in [0, 0.05) is 39.1 Å². The Hall–Kier alpha value is -2.44. The zero-order chi connectivity index (χ0) is 25.8. The number of nitrogens with zero attached hydrogens (tertiary/aromatic N) is 2. The number of benzene rings is 2. The van der Waals surface area contributed by atoms with E-state index in [-0.39, 0.29) is 28.4 Å². The number of likely N-dealkylation sites (tertiary alicyclic amines) is 2. The average molecular weight is 526 g/mol. The van der Waals surface area contributed by atoms with Crippen molar-refractivity contribution in [1.82, 2.24) is 15.1 Å². The summed E-state index contributed by atoms with van der Waals surface area (Å²) in [6.45, 7) is 3.98. The quantitative estimate of drug-likeness (QED) is 0.457. The van der Waals surface area contributed by atoms with Crippen molar-refractivity contribution in [1.29, 1.82) is 0 Å². The Morgan fingerprint density at radius 3 is 2.35 bits per heavy atom. The van der Waals surface area contributed by atoms with Gasteiger partial charge < -0.3 is 15.1 Å². The summed E-state index contributed by atoms with van der Waals surface area (Å²) in [6.07, 6.45) is 7.60. The minimum absolute atomic E-state index is 0.000933. The molecule has 2 amide bonds. The molecule has 2 saturated heterocycles. The Balaban J connectivity index is 1.13. The summed E-state index contributed by atoms with van der Waals surface area (Å²) in [5.41, 5.74) is 1.13. The molecule has 5 nitrogen and oxygen atoms in total. The van der Waals surface area contributed by atoms with E-state index in [4.69, 9.17) is 11.6 Å². The lowest BCUT2D eigenvalue weighted by atomic mass is 10.00. The van der Waals surface area contributed by atoms with E-state index < -0.39 is 5.82 Å². The second kappa shape index (κ2) is 12.0. The largest absolute Gasteiger partial charge is 0.349 e. The molecule has 5 rings (SSSR count). The maximum atomic E-state index is 14.3. The number of carbonyl (C=O) groups excluding carboxylic acids is 2. The molecule has 0 aromatic heterocycles. The Bertz CT molecular complexity index is 1060. The van der Waals surface area contributed by atoms with Gasteiger partial charge in [0.1, 0.15) is 5.82 Å². The van der Waals surface area contributed by atoms with E-state index in [0.29, 0.717) is 37.3 Å². The number of amides is 2. The monoisotopic (exact) mass is 525 g/mol. The normalized spacial score (nSPS) is 22.8. The molecule has 2 unspecified atom stereocenters. The van der Waals surface area contributed by atoms with Crippen molar-refractivity contribution in [3.8, 4) is 0 Å². The second-order valence-electron chi connectivity index (χ2n) is 11.1. The number of rotatable bonds is 9. The van der Waals surface area contributed by atoms with Crippen LogP contribution in [0.5, 0.6) is 0 Å². The van der Waals surface area contributed by atoms with Crippen LogP contribution in [0.25, 0.3) is 0 Å². The fourth-order valence-corrected chi connectivity index (χ4v) is 6.76. The third-order valence-corrected chi connectivity index (χ3v) is 8.87. The minimum atomic E-state index is -0.562. The minimum Gasteiger partial charge on any atom is -0.349 e. The van der Waals surface area contributed by atoms with Gasteiger partial charge in [-0.1, -0.05) is 73.7 Å². The predicted octanol–water partition coefficient (Wildman–Crippen LogP) is 5.70. The van der Waals surface area contributed by atoms with E-state index in [1.807, 2.05) is 18.2 Å². The van der Waals surface area contributed by atoms with Crippen molar-refractivity contribution in [2.24, 2.45) is 17.8 Å². The molecule has 3 atom stereocenters. The van der Waals surface area contributed by atoms with Crippen LogP contribution in [0.4, 0.5) is 4.39 Å². The molecule has 7 heteroatoms. The lowest BCUT2D eigenvalue weighted by molar-refractivity contribution is -0.122. The molecule has 0 bridgehead atoms. The van der Waals surface area contributed by atoms with Crippen molar-refractivity contribution >= 4 is 23.4 Å². The van der Waals surface area contributed by atoms with Gasteiger partial charge >= 0.3 is 0 Å². The zero-order valence-corrected chi connectivity index (χ0v) is 22.1. The van der Waals surface area contributed by atoms with Crippen LogP contribution in [0, 0.1) is 23.6 Å². The van der Waals surface area contributed by atoms with Crippen molar-refractivity contribution in [2.75, 3.05) is 32.7 Å². The maximum Gasteiger partial charge on any atom is 0.258 e. The number of hydrogen-bond acceptors (Lipinski definition) is 3. The molecule has 37 heavy (non-hydrogen) atoms. The molecule has 2 aliphatic heterocycles. The fourth-order valence-electron chi connectivity index (χ4n) is 6.52. The highest BCUT2D eigenvalue weighted by molar-refractivity contribution is 6.33. The van der Waals surface area contributed by atoms with E-state index in [1.165, 1.54) is 37.8 Å². The molecule has 2 heterocycles. The van der Waals surface area contributed by atoms with Gasteiger partial charge in [-0.3, -0.25) is 9.59 Å². The highest BCUT2D eigenvalue weighted by Crippen LogP contribution is 2.34. The standard InChI is InChI=1S/C30H37ClFN3O2/c31-25-11-6-12-26(32)29(25)30(37)35-19-23-17-34(18-24(23)20-35)16-15-27(22-9-2-1-3-10-22)33-28(36)14-13-21-7-4-5-8-21/h1-3,6,9-12,21,23-24,27H,4-5,7-8,13-20H2,(H,33,36)/t23?,24?,27-/m0/s1. The van der Waals surface area contributed by atoms with Crippen LogP contribution in [0.3, 0.4) is 0 Å². The Kier molecular flexibility index (Phi) is 8.46. The molecule has 1 aliphatic carbocycles. The number of halogens is 2. The number of carbonyl (C=O) groups is 2. The Labute approximate surface area is 224 Å². The van der Waals surface area contributed by atoms with Crippen LogP contribution < -0.4 is 5.32 Å². The molecule has 198 valence electrons. The van der Waals surface area contributed by atoms with Crippen LogP contribution in [-0.2, 0) is 4.79 Å². The average Bonchev–Trinajstić information content (AvgIpc) is 3.63. The molecular weight excluding hydrogens is 489 g/mol. The first-order valence-electron chi connectivity index (χ1n) is 13.8. The summed E-state index contributed by atoms with van der Waals surface area (Å²) >= 11 is 6.13. The molecule has 2 aromatic carbocycles. The van der Waals surface area contributed by atoms with E-state index >= 15 is 0 Å². The van der Waals surface area contributed by atoms with Crippen molar-refractivity contribution in [3.05, 3.63) is 70.5 Å². The van der Waals surface area contributed by atoms with E-state index in [9.17, 15) is 14.0 Å². The van der Waals surface area contributed by atoms with Crippen LogP contribution in [-0.4, -0.2) is 54.3 Å². The molecule has 3 fully saturated rings. The summed E-state index contributed by atoms with van der Waals surface area (Å²) in [4.78, 5) is 30.0. The van der Waals surface area contributed by atoms with Gasteiger partial charge in [0.2, 0.25) is 5.91 Å². The van der Waals surface area contributed by atoms with Gasteiger partial charge in [0.25, 0.3) is 5.91 Å². The van der Waals surface area contributed by atoms with Crippen LogP contribution in [0.2, 0.25) is 5.02 Å². The van der Waals surface area contributed by atoms with E-state index in [2.05, 4.69) is 22.3 Å². The first kappa shape index (κ1) is 26.2. The summed E-state index contributed by atoms with van der Waals surface area (Å²) in [5, 5.41) is 3.48. The van der Waals surface area contributed by atoms with Gasteiger partial charge in [0.05, 0.1) is 16.6 Å². The first-order chi connectivity index (χ1) is 18.0. The molecule has 0 spiro atoms. The number of fused-ring (bicyclic) bond motifs is 1. The van der Waals surface area contributed by atoms with E-state index in [0.717, 1.165) is 38.0 Å². The lowest BCUT2D eigenvalue weighted by Crippen LogP contribution is -2.35. The third kappa shape index (κ3) is 6.35. The molecule has 3 aliphatic rings. The summed E-state index contributed by atoms with van der Waals surface area (Å²) < 4.78 is 14.3. The highest BCUT2D eigenvalue weighted by atomic mass is 35.5.